The second-order valence-electron chi connectivity index (χ2n) is 9.12. The lowest BCUT2D eigenvalue weighted by molar-refractivity contribution is 0.0233. The molecular weight excluding hydrogens is 308 g/mol. The highest BCUT2D eigenvalue weighted by Crippen LogP contribution is 2.76. The molecule has 2 spiro atoms. The predicted octanol–water partition coefficient (Wildman–Crippen LogP) is 4.87. The number of allylic oxidation sites excluding steroid dienone is 1. The second kappa shape index (κ2) is 4.71. The molecule has 6 rings (SSSR count). The molecule has 4 aliphatic carbocycles. The van der Waals surface area contributed by atoms with E-state index in [2.05, 4.69) is 37.3 Å². The van der Waals surface area contributed by atoms with E-state index in [0.29, 0.717) is 0 Å². The summed E-state index contributed by atoms with van der Waals surface area (Å²) in [7, 11) is 1.78. The Balaban J connectivity index is 1.43. The maximum atomic E-state index is 6.62. The van der Waals surface area contributed by atoms with Crippen molar-refractivity contribution < 1.29 is 9.47 Å². The second-order valence-corrected chi connectivity index (χ2v) is 9.12. The van der Waals surface area contributed by atoms with Crippen LogP contribution in [0, 0.1) is 23.7 Å². The summed E-state index contributed by atoms with van der Waals surface area (Å²) in [4.78, 5) is 0. The molecule has 3 fully saturated rings. The fourth-order valence-corrected chi connectivity index (χ4v) is 7.58. The van der Waals surface area contributed by atoms with E-state index in [1.54, 1.807) is 18.2 Å². The number of fused-ring (bicyclic) bond motifs is 4. The maximum Gasteiger partial charge on any atom is 0.119 e. The van der Waals surface area contributed by atoms with Crippen LogP contribution in [-0.4, -0.2) is 18.3 Å². The molecule has 1 aliphatic heterocycles. The maximum absolute atomic E-state index is 6.62. The van der Waals surface area contributed by atoms with Gasteiger partial charge in [-0.2, -0.15) is 0 Å². The van der Waals surface area contributed by atoms with Crippen molar-refractivity contribution in [2.24, 2.45) is 23.7 Å². The summed E-state index contributed by atoms with van der Waals surface area (Å²) < 4.78 is 12.1. The van der Waals surface area contributed by atoms with Crippen LogP contribution < -0.4 is 4.74 Å². The standard InChI is InChI=1S/C23H28O2/c1-3-14-11-15-12-17(24-2)6-7-18(15)19-8-10-23-20(21(14)19)13-16-5-4-9-22(16,23)25-23/h4,6-7,9,12,14,16,19-21H,3,5,8,10-11,13H2,1-2H3/t14-,16-,19?,20?,21?,22+,23-/m1/s1. The molecule has 0 radical (unpaired) electrons. The van der Waals surface area contributed by atoms with Crippen molar-refractivity contribution in [2.75, 3.05) is 7.11 Å². The molecule has 0 aromatic heterocycles. The first kappa shape index (κ1) is 14.8. The minimum Gasteiger partial charge on any atom is -0.497 e. The van der Waals surface area contributed by atoms with Gasteiger partial charge in [-0.1, -0.05) is 31.6 Å². The highest BCUT2D eigenvalue weighted by Gasteiger charge is 2.82. The lowest BCUT2D eigenvalue weighted by atomic mass is 9.55. The van der Waals surface area contributed by atoms with Gasteiger partial charge in [0.05, 0.1) is 7.11 Å². The molecular formula is C23H28O2. The third-order valence-corrected chi connectivity index (χ3v) is 8.56. The number of rotatable bonds is 2. The lowest BCUT2D eigenvalue weighted by Gasteiger charge is -2.48. The van der Waals surface area contributed by atoms with E-state index in [0.717, 1.165) is 35.3 Å². The van der Waals surface area contributed by atoms with E-state index in [1.165, 1.54) is 38.5 Å². The molecule has 1 saturated heterocycles. The Bertz CT molecular complexity index is 767. The van der Waals surface area contributed by atoms with Crippen LogP contribution in [0.15, 0.2) is 30.4 Å². The molecule has 5 aliphatic rings. The molecule has 1 aromatic rings. The van der Waals surface area contributed by atoms with Crippen molar-refractivity contribution in [3.8, 4) is 5.75 Å². The van der Waals surface area contributed by atoms with Gasteiger partial charge >= 0.3 is 0 Å². The van der Waals surface area contributed by atoms with Gasteiger partial charge < -0.3 is 9.47 Å². The largest absolute Gasteiger partial charge is 0.497 e. The van der Waals surface area contributed by atoms with Gasteiger partial charge in [-0.05, 0) is 85.0 Å². The quantitative estimate of drug-likeness (QED) is 0.567. The Morgan fingerprint density at radius 3 is 3.08 bits per heavy atom. The van der Waals surface area contributed by atoms with Crippen molar-refractivity contribution in [1.29, 1.82) is 0 Å². The number of hydrogen-bond acceptors (Lipinski definition) is 2. The molecule has 1 aromatic carbocycles. The molecule has 0 amide bonds. The van der Waals surface area contributed by atoms with E-state index in [1.807, 2.05) is 0 Å². The molecule has 132 valence electrons. The average molecular weight is 336 g/mol. The van der Waals surface area contributed by atoms with Gasteiger partial charge in [-0.25, -0.2) is 0 Å². The van der Waals surface area contributed by atoms with Crippen LogP contribution in [0.3, 0.4) is 0 Å². The van der Waals surface area contributed by atoms with Gasteiger partial charge in [-0.3, -0.25) is 0 Å². The number of hydrogen-bond donors (Lipinski definition) is 0. The van der Waals surface area contributed by atoms with E-state index < -0.39 is 0 Å². The van der Waals surface area contributed by atoms with Gasteiger partial charge in [0, 0.05) is 0 Å². The van der Waals surface area contributed by atoms with Crippen LogP contribution in [0.1, 0.15) is 56.1 Å². The van der Waals surface area contributed by atoms with E-state index in [9.17, 15) is 0 Å². The Kier molecular flexibility index (Phi) is 2.79. The van der Waals surface area contributed by atoms with Crippen molar-refractivity contribution >= 4 is 0 Å². The molecule has 25 heavy (non-hydrogen) atoms. The molecule has 7 atom stereocenters. The Morgan fingerprint density at radius 2 is 2.24 bits per heavy atom. The normalized spacial score (nSPS) is 48.2. The summed E-state index contributed by atoms with van der Waals surface area (Å²) in [6.07, 6.45) is 12.6. The monoisotopic (exact) mass is 336 g/mol. The van der Waals surface area contributed by atoms with Crippen LogP contribution in [0.4, 0.5) is 0 Å². The van der Waals surface area contributed by atoms with Gasteiger partial charge in [0.25, 0.3) is 0 Å². The SMILES string of the molecule is CC[C@@H]1Cc2cc(OC)ccc2C2CC[C@]34O[C@]35C=CC[C@@H]5CC4C21. The predicted molar refractivity (Wildman–Crippen MR) is 97.8 cm³/mol. The van der Waals surface area contributed by atoms with Crippen LogP contribution >= 0.6 is 0 Å². The van der Waals surface area contributed by atoms with Crippen molar-refractivity contribution in [1.82, 2.24) is 0 Å². The summed E-state index contributed by atoms with van der Waals surface area (Å²) in [6.45, 7) is 2.40. The van der Waals surface area contributed by atoms with E-state index in [4.69, 9.17) is 9.47 Å². The fraction of sp³-hybridized carbons (Fsp3) is 0.652. The molecule has 3 unspecified atom stereocenters. The van der Waals surface area contributed by atoms with Gasteiger partial charge in [0.15, 0.2) is 0 Å². The van der Waals surface area contributed by atoms with Crippen LogP contribution in [-0.2, 0) is 11.2 Å². The smallest absolute Gasteiger partial charge is 0.119 e. The summed E-state index contributed by atoms with van der Waals surface area (Å²) in [5, 5.41) is 0. The number of ether oxygens (including phenoxy) is 2. The highest BCUT2D eigenvalue weighted by molar-refractivity contribution is 5.45. The molecule has 2 saturated carbocycles. The third-order valence-electron chi connectivity index (χ3n) is 8.56. The minimum atomic E-state index is 0.154. The fourth-order valence-electron chi connectivity index (χ4n) is 7.58. The average Bonchev–Trinajstić information content (AvgIpc) is 2.96. The van der Waals surface area contributed by atoms with Crippen molar-refractivity contribution in [2.45, 2.75) is 62.6 Å². The van der Waals surface area contributed by atoms with Crippen LogP contribution in [0.5, 0.6) is 5.75 Å². The zero-order valence-electron chi connectivity index (χ0n) is 15.3. The lowest BCUT2D eigenvalue weighted by Crippen LogP contribution is -2.45. The van der Waals surface area contributed by atoms with Crippen LogP contribution in [0.2, 0.25) is 0 Å². The highest BCUT2D eigenvalue weighted by atomic mass is 16.6. The first-order valence-corrected chi connectivity index (χ1v) is 10.3. The topological polar surface area (TPSA) is 21.8 Å². The number of epoxide rings is 1. The van der Waals surface area contributed by atoms with E-state index >= 15 is 0 Å². The molecule has 0 bridgehead atoms. The third kappa shape index (κ3) is 1.61. The van der Waals surface area contributed by atoms with E-state index in [-0.39, 0.29) is 11.2 Å². The first-order valence-electron chi connectivity index (χ1n) is 10.3. The summed E-state index contributed by atoms with van der Waals surface area (Å²) in [6, 6.07) is 6.85. The van der Waals surface area contributed by atoms with Gasteiger partial charge in [0.1, 0.15) is 17.0 Å². The van der Waals surface area contributed by atoms with Gasteiger partial charge in [-0.15, -0.1) is 0 Å². The Hall–Kier alpha value is -1.28. The zero-order chi connectivity index (χ0) is 16.8. The number of methoxy groups -OCH3 is 1. The Labute approximate surface area is 150 Å². The van der Waals surface area contributed by atoms with Crippen LogP contribution in [0.25, 0.3) is 0 Å². The molecule has 2 heteroatoms. The molecule has 1 heterocycles. The first-order chi connectivity index (χ1) is 12.2. The minimum absolute atomic E-state index is 0.154. The summed E-state index contributed by atoms with van der Waals surface area (Å²) in [5.41, 5.74) is 3.53. The molecule has 2 nitrogen and oxygen atoms in total. The van der Waals surface area contributed by atoms with Crippen molar-refractivity contribution in [3.05, 3.63) is 41.5 Å². The van der Waals surface area contributed by atoms with Crippen molar-refractivity contribution in [3.63, 3.8) is 0 Å². The molecule has 0 N–H and O–H groups in total. The number of benzene rings is 1. The zero-order valence-corrected chi connectivity index (χ0v) is 15.3. The summed E-state index contributed by atoms with van der Waals surface area (Å²) >= 11 is 0. The van der Waals surface area contributed by atoms with Gasteiger partial charge in [0.2, 0.25) is 0 Å². The Morgan fingerprint density at radius 1 is 1.32 bits per heavy atom. The summed E-state index contributed by atoms with van der Waals surface area (Å²) in [5.74, 6) is 4.92.